The Morgan fingerprint density at radius 3 is 2.02 bits per heavy atom. The number of aromatic nitrogens is 4. The highest BCUT2D eigenvalue weighted by Crippen LogP contribution is 2.46. The Balaban J connectivity index is 0.000000149. The van der Waals surface area contributed by atoms with Gasteiger partial charge in [0.2, 0.25) is 0 Å². The molecule has 3 fully saturated rings. The molecule has 8 rings (SSSR count). The van der Waals surface area contributed by atoms with Crippen LogP contribution in [0.25, 0.3) is 31.6 Å². The Labute approximate surface area is 272 Å². The van der Waals surface area contributed by atoms with Crippen molar-refractivity contribution in [3.8, 4) is 11.1 Å². The second-order valence-corrected chi connectivity index (χ2v) is 14.8. The molecular weight excluding hydrogens is 601 g/mol. The van der Waals surface area contributed by atoms with Crippen molar-refractivity contribution in [3.05, 3.63) is 59.3 Å². The molecule has 0 amide bonds. The average molecular weight is 643 g/mol. The highest BCUT2D eigenvalue weighted by Gasteiger charge is 2.42. The summed E-state index contributed by atoms with van der Waals surface area (Å²) in [5.74, 6) is 3.56. The summed E-state index contributed by atoms with van der Waals surface area (Å²) in [6.45, 7) is 7.01. The third kappa shape index (κ3) is 5.93. The van der Waals surface area contributed by atoms with Crippen molar-refractivity contribution in [2.45, 2.75) is 70.4 Å². The molecule has 2 N–H and O–H groups in total. The van der Waals surface area contributed by atoms with Gasteiger partial charge >= 0.3 is 0 Å². The lowest BCUT2D eigenvalue weighted by Crippen LogP contribution is -2.44. The topological polar surface area (TPSA) is 98.5 Å². The number of hydrogen-bond acceptors (Lipinski definition) is 10. The minimum Gasteiger partial charge on any atom is -0.396 e. The van der Waals surface area contributed by atoms with Gasteiger partial charge in [0, 0.05) is 49.3 Å². The molecule has 3 aliphatic heterocycles. The number of hydrogen-bond donors (Lipinski definition) is 2. The average Bonchev–Trinajstić information content (AvgIpc) is 3.79. The smallest absolute Gasteiger partial charge is 0.141 e. The molecule has 4 aromatic heterocycles. The molecule has 8 nitrogen and oxygen atoms in total. The van der Waals surface area contributed by atoms with Crippen molar-refractivity contribution in [2.24, 2.45) is 11.8 Å². The SMILES string of the molecule is CC(C)c1csc2ncnc(N3CCC(CO)CC3)c12.OCC1CC2CCC(C1)N2c1ncnc2scc(-c3ccccc3)c12. The van der Waals surface area contributed by atoms with Gasteiger partial charge in [0.15, 0.2) is 0 Å². The van der Waals surface area contributed by atoms with Crippen molar-refractivity contribution in [3.63, 3.8) is 0 Å². The van der Waals surface area contributed by atoms with E-state index in [0.717, 1.165) is 60.1 Å². The zero-order valence-electron chi connectivity index (χ0n) is 26.0. The van der Waals surface area contributed by atoms with Crippen LogP contribution in [0.3, 0.4) is 0 Å². The summed E-state index contributed by atoms with van der Waals surface area (Å²) in [5.41, 5.74) is 3.81. The van der Waals surface area contributed by atoms with Crippen LogP contribution in [0.4, 0.5) is 11.6 Å². The van der Waals surface area contributed by atoms with E-state index in [4.69, 9.17) is 4.98 Å². The molecule has 2 unspecified atom stereocenters. The minimum absolute atomic E-state index is 0.308. The van der Waals surface area contributed by atoms with Crippen molar-refractivity contribution < 1.29 is 10.2 Å². The van der Waals surface area contributed by atoms with Gasteiger partial charge < -0.3 is 20.0 Å². The van der Waals surface area contributed by atoms with Crippen LogP contribution >= 0.6 is 22.7 Å². The van der Waals surface area contributed by atoms with Gasteiger partial charge in [0.25, 0.3) is 0 Å². The van der Waals surface area contributed by atoms with Crippen molar-refractivity contribution in [1.82, 2.24) is 19.9 Å². The van der Waals surface area contributed by atoms with Gasteiger partial charge in [-0.1, -0.05) is 44.2 Å². The highest BCUT2D eigenvalue weighted by molar-refractivity contribution is 7.17. The lowest BCUT2D eigenvalue weighted by Gasteiger charge is -2.39. The van der Waals surface area contributed by atoms with E-state index in [0.29, 0.717) is 43.1 Å². The number of anilines is 2. The number of aliphatic hydroxyl groups excluding tert-OH is 2. The Bertz CT molecular complexity index is 1720. The molecule has 10 heteroatoms. The molecule has 45 heavy (non-hydrogen) atoms. The number of thiophene rings is 2. The number of benzene rings is 1. The highest BCUT2D eigenvalue weighted by atomic mass is 32.1. The third-order valence-corrected chi connectivity index (χ3v) is 11.7. The quantitative estimate of drug-likeness (QED) is 0.202. The van der Waals surface area contributed by atoms with E-state index in [1.54, 1.807) is 35.3 Å². The third-order valence-electron chi connectivity index (χ3n) is 9.94. The van der Waals surface area contributed by atoms with E-state index in [1.165, 1.54) is 40.3 Å². The van der Waals surface area contributed by atoms with Crippen LogP contribution in [0.1, 0.15) is 63.9 Å². The van der Waals surface area contributed by atoms with Gasteiger partial charge in [0.1, 0.15) is 34.0 Å². The fraction of sp³-hybridized carbons (Fsp3) is 0.486. The second kappa shape index (κ2) is 13.3. The summed E-state index contributed by atoms with van der Waals surface area (Å²) in [6.07, 6.45) is 10.0. The molecule has 7 heterocycles. The Hall–Kier alpha value is -3.18. The maximum absolute atomic E-state index is 9.60. The molecule has 5 aromatic rings. The van der Waals surface area contributed by atoms with E-state index in [1.807, 2.05) is 0 Å². The van der Waals surface area contributed by atoms with Crippen LogP contribution in [0.5, 0.6) is 0 Å². The molecule has 3 aliphatic rings. The van der Waals surface area contributed by atoms with E-state index in [2.05, 4.69) is 79.7 Å². The fourth-order valence-electron chi connectivity index (χ4n) is 7.54. The molecule has 0 aliphatic carbocycles. The number of fused-ring (bicyclic) bond motifs is 4. The fourth-order valence-corrected chi connectivity index (χ4v) is 9.52. The van der Waals surface area contributed by atoms with Crippen LogP contribution in [0.15, 0.2) is 53.7 Å². The summed E-state index contributed by atoms with van der Waals surface area (Å²) in [6, 6.07) is 11.5. The first kappa shape index (κ1) is 30.5. The lowest BCUT2D eigenvalue weighted by molar-refractivity contribution is 0.185. The van der Waals surface area contributed by atoms with Gasteiger partial charge in [-0.15, -0.1) is 22.7 Å². The standard InChI is InChI=1S/C20H21N3OS.C15H21N3OS/c24-10-13-8-15-6-7-16(9-13)23(15)19-18-17(14-4-2-1-3-5-14)11-25-20(18)22-12-21-19;1-10(2)12-8-20-15-13(12)14(16-9-17-15)18-5-3-11(7-19)4-6-18/h1-5,11-13,15-16,24H,6-10H2;8-11,19H,3-7H2,1-2H3. The second-order valence-electron chi connectivity index (χ2n) is 13.0. The Morgan fingerprint density at radius 1 is 0.756 bits per heavy atom. The minimum atomic E-state index is 0.308. The van der Waals surface area contributed by atoms with E-state index < -0.39 is 0 Å². The first-order valence-electron chi connectivity index (χ1n) is 16.3. The largest absolute Gasteiger partial charge is 0.396 e. The molecule has 3 saturated heterocycles. The summed E-state index contributed by atoms with van der Waals surface area (Å²) in [7, 11) is 0. The van der Waals surface area contributed by atoms with Crippen LogP contribution in [-0.4, -0.2) is 68.5 Å². The zero-order valence-corrected chi connectivity index (χ0v) is 27.7. The van der Waals surface area contributed by atoms with E-state index in [9.17, 15) is 10.2 Å². The van der Waals surface area contributed by atoms with Crippen LogP contribution in [0.2, 0.25) is 0 Å². The summed E-state index contributed by atoms with van der Waals surface area (Å²) in [5, 5.41) is 25.7. The molecule has 2 bridgehead atoms. The number of piperidine rings is 2. The van der Waals surface area contributed by atoms with Gasteiger partial charge in [-0.2, -0.15) is 0 Å². The normalized spacial score (nSPS) is 21.9. The number of nitrogens with zero attached hydrogens (tertiary/aromatic N) is 6. The Kier molecular flexibility index (Phi) is 8.99. The van der Waals surface area contributed by atoms with E-state index >= 15 is 0 Å². The van der Waals surface area contributed by atoms with Gasteiger partial charge in [-0.3, -0.25) is 0 Å². The van der Waals surface area contributed by atoms with Gasteiger partial charge in [-0.05, 0) is 72.8 Å². The van der Waals surface area contributed by atoms with Crippen molar-refractivity contribution in [2.75, 3.05) is 36.1 Å². The van der Waals surface area contributed by atoms with Crippen molar-refractivity contribution in [1.29, 1.82) is 0 Å². The summed E-state index contributed by atoms with van der Waals surface area (Å²) in [4.78, 5) is 25.3. The predicted molar refractivity (Wildman–Crippen MR) is 185 cm³/mol. The van der Waals surface area contributed by atoms with Crippen LogP contribution < -0.4 is 9.80 Å². The van der Waals surface area contributed by atoms with Crippen molar-refractivity contribution >= 4 is 54.7 Å². The molecule has 236 valence electrons. The van der Waals surface area contributed by atoms with E-state index in [-0.39, 0.29) is 0 Å². The predicted octanol–water partition coefficient (Wildman–Crippen LogP) is 7.12. The monoisotopic (exact) mass is 642 g/mol. The number of aliphatic hydroxyl groups is 2. The summed E-state index contributed by atoms with van der Waals surface area (Å²) < 4.78 is 0. The molecular formula is C35H42N6O2S2. The molecule has 0 spiro atoms. The lowest BCUT2D eigenvalue weighted by atomic mass is 9.91. The molecule has 1 aromatic carbocycles. The number of rotatable bonds is 6. The summed E-state index contributed by atoms with van der Waals surface area (Å²) >= 11 is 3.40. The molecule has 0 saturated carbocycles. The Morgan fingerprint density at radius 2 is 1.38 bits per heavy atom. The maximum atomic E-state index is 9.60. The zero-order chi connectivity index (χ0) is 30.9. The molecule has 0 radical (unpaired) electrons. The van der Waals surface area contributed by atoms with Gasteiger partial charge in [0.05, 0.1) is 10.8 Å². The van der Waals surface area contributed by atoms with Crippen LogP contribution in [-0.2, 0) is 0 Å². The van der Waals surface area contributed by atoms with Crippen LogP contribution in [0, 0.1) is 11.8 Å². The van der Waals surface area contributed by atoms with Gasteiger partial charge in [-0.25, -0.2) is 19.9 Å². The first-order valence-corrected chi connectivity index (χ1v) is 18.1. The molecule has 2 atom stereocenters. The maximum Gasteiger partial charge on any atom is 0.141 e. The first-order chi connectivity index (χ1) is 22.1.